The maximum atomic E-state index is 12.5. The van der Waals surface area contributed by atoms with E-state index in [2.05, 4.69) is 5.16 Å². The molecule has 0 bridgehead atoms. The Labute approximate surface area is 146 Å². The molecule has 136 valence electrons. The molecule has 2 fully saturated rings. The summed E-state index contributed by atoms with van der Waals surface area (Å²) in [6, 6.07) is 1.59. The third-order valence-electron chi connectivity index (χ3n) is 4.79. The number of hydrogen-bond donors (Lipinski definition) is 0. The average Bonchev–Trinajstić information content (AvgIpc) is 3.00. The number of amides is 2. The smallest absolute Gasteiger partial charge is 0.309 e. The Bertz CT molecular complexity index is 657. The second-order valence-corrected chi connectivity index (χ2v) is 6.58. The highest BCUT2D eigenvalue weighted by Crippen LogP contribution is 2.25. The van der Waals surface area contributed by atoms with Crippen LogP contribution in [0.1, 0.15) is 36.0 Å². The van der Waals surface area contributed by atoms with Gasteiger partial charge in [-0.3, -0.25) is 14.4 Å². The quantitative estimate of drug-likeness (QED) is 0.749. The van der Waals surface area contributed by atoms with Crippen LogP contribution in [0.2, 0.25) is 0 Å². The molecular formula is C17H23N3O5. The zero-order valence-corrected chi connectivity index (χ0v) is 14.6. The molecule has 8 nitrogen and oxygen atoms in total. The number of carbonyl (C=O) groups is 3. The minimum Gasteiger partial charge on any atom is -0.466 e. The van der Waals surface area contributed by atoms with Gasteiger partial charge in [-0.05, 0) is 26.7 Å². The molecule has 3 heterocycles. The van der Waals surface area contributed by atoms with Gasteiger partial charge in [0, 0.05) is 32.2 Å². The molecule has 0 unspecified atom stereocenters. The molecule has 0 saturated carbocycles. The molecular weight excluding hydrogens is 326 g/mol. The highest BCUT2D eigenvalue weighted by molar-refractivity contribution is 5.94. The standard InChI is InChI=1S/C17H23N3O5/c1-3-24-17(23)12-4-6-19(7-5-12)15(21)13-9-20(10-13)16(22)14-8-11(2)25-18-14/h8,12-13H,3-7,9-10H2,1-2H3. The second-order valence-electron chi connectivity index (χ2n) is 6.58. The van der Waals surface area contributed by atoms with E-state index in [-0.39, 0.29) is 35.3 Å². The molecule has 1 aromatic heterocycles. The first kappa shape index (κ1) is 17.4. The number of ether oxygens (including phenoxy) is 1. The lowest BCUT2D eigenvalue weighted by molar-refractivity contribution is -0.152. The maximum absolute atomic E-state index is 12.5. The summed E-state index contributed by atoms with van der Waals surface area (Å²) >= 11 is 0. The number of piperidine rings is 1. The Morgan fingerprint density at radius 3 is 2.44 bits per heavy atom. The van der Waals surface area contributed by atoms with Crippen molar-refractivity contribution in [2.24, 2.45) is 11.8 Å². The first-order chi connectivity index (χ1) is 12.0. The minimum absolute atomic E-state index is 0.0580. The van der Waals surface area contributed by atoms with E-state index < -0.39 is 0 Å². The maximum Gasteiger partial charge on any atom is 0.309 e. The van der Waals surface area contributed by atoms with Crippen LogP contribution in [0.4, 0.5) is 0 Å². The Kier molecular flexibility index (Phi) is 5.06. The van der Waals surface area contributed by atoms with Gasteiger partial charge in [-0.15, -0.1) is 0 Å². The zero-order valence-electron chi connectivity index (χ0n) is 14.6. The fourth-order valence-corrected chi connectivity index (χ4v) is 3.28. The van der Waals surface area contributed by atoms with Gasteiger partial charge in [0.05, 0.1) is 18.4 Å². The summed E-state index contributed by atoms with van der Waals surface area (Å²) in [6.07, 6.45) is 1.27. The van der Waals surface area contributed by atoms with Crippen LogP contribution in [-0.4, -0.2) is 65.5 Å². The SMILES string of the molecule is CCOC(=O)C1CCN(C(=O)C2CN(C(=O)c3cc(C)on3)C2)CC1. The topological polar surface area (TPSA) is 93.0 Å². The van der Waals surface area contributed by atoms with Crippen LogP contribution < -0.4 is 0 Å². The highest BCUT2D eigenvalue weighted by Gasteiger charge is 2.40. The van der Waals surface area contributed by atoms with E-state index in [1.807, 2.05) is 0 Å². The molecule has 0 radical (unpaired) electrons. The van der Waals surface area contributed by atoms with Gasteiger partial charge in [0.25, 0.3) is 5.91 Å². The number of nitrogens with zero attached hydrogens (tertiary/aromatic N) is 3. The molecule has 0 aromatic carbocycles. The van der Waals surface area contributed by atoms with E-state index in [4.69, 9.17) is 9.26 Å². The second kappa shape index (κ2) is 7.25. The van der Waals surface area contributed by atoms with Crippen LogP contribution in [0.25, 0.3) is 0 Å². The summed E-state index contributed by atoms with van der Waals surface area (Å²) in [5.41, 5.74) is 0.277. The van der Waals surface area contributed by atoms with E-state index in [0.717, 1.165) is 0 Å². The van der Waals surface area contributed by atoms with Gasteiger partial charge >= 0.3 is 5.97 Å². The Morgan fingerprint density at radius 2 is 1.88 bits per heavy atom. The first-order valence-electron chi connectivity index (χ1n) is 8.67. The number of aromatic nitrogens is 1. The van der Waals surface area contributed by atoms with E-state index in [1.165, 1.54) is 0 Å². The van der Waals surface area contributed by atoms with Crippen molar-refractivity contribution < 1.29 is 23.6 Å². The van der Waals surface area contributed by atoms with Crippen molar-refractivity contribution in [1.82, 2.24) is 15.0 Å². The van der Waals surface area contributed by atoms with Crippen molar-refractivity contribution in [2.45, 2.75) is 26.7 Å². The first-order valence-corrected chi connectivity index (χ1v) is 8.67. The third-order valence-corrected chi connectivity index (χ3v) is 4.79. The fourth-order valence-electron chi connectivity index (χ4n) is 3.28. The van der Waals surface area contributed by atoms with Gasteiger partial charge in [0.2, 0.25) is 5.91 Å². The molecule has 0 aliphatic carbocycles. The van der Waals surface area contributed by atoms with Gasteiger partial charge in [0.15, 0.2) is 5.69 Å². The monoisotopic (exact) mass is 349 g/mol. The van der Waals surface area contributed by atoms with Crippen LogP contribution in [0.5, 0.6) is 0 Å². The summed E-state index contributed by atoms with van der Waals surface area (Å²) < 4.78 is 9.95. The summed E-state index contributed by atoms with van der Waals surface area (Å²) in [5.74, 6) is -0.0153. The van der Waals surface area contributed by atoms with E-state index in [0.29, 0.717) is 51.4 Å². The average molecular weight is 349 g/mol. The van der Waals surface area contributed by atoms with Crippen LogP contribution in [0.15, 0.2) is 10.6 Å². The summed E-state index contributed by atoms with van der Waals surface area (Å²) in [7, 11) is 0. The molecule has 2 aliphatic rings. The molecule has 0 N–H and O–H groups in total. The van der Waals surface area contributed by atoms with Crippen molar-refractivity contribution in [3.05, 3.63) is 17.5 Å². The van der Waals surface area contributed by atoms with Gasteiger partial charge < -0.3 is 19.1 Å². The van der Waals surface area contributed by atoms with Crippen LogP contribution in [-0.2, 0) is 14.3 Å². The van der Waals surface area contributed by atoms with Crippen molar-refractivity contribution >= 4 is 17.8 Å². The zero-order chi connectivity index (χ0) is 18.0. The van der Waals surface area contributed by atoms with Crippen molar-refractivity contribution in [1.29, 1.82) is 0 Å². The van der Waals surface area contributed by atoms with Gasteiger partial charge in [-0.1, -0.05) is 5.16 Å². The highest BCUT2D eigenvalue weighted by atomic mass is 16.5. The van der Waals surface area contributed by atoms with E-state index in [1.54, 1.807) is 29.7 Å². The summed E-state index contributed by atoms with van der Waals surface area (Å²) in [4.78, 5) is 39.9. The molecule has 3 rings (SSSR count). The summed E-state index contributed by atoms with van der Waals surface area (Å²) in [6.45, 7) is 5.84. The normalized spacial score (nSPS) is 18.8. The molecule has 2 amide bonds. The van der Waals surface area contributed by atoms with Crippen LogP contribution in [0.3, 0.4) is 0 Å². The van der Waals surface area contributed by atoms with Crippen molar-refractivity contribution in [2.75, 3.05) is 32.8 Å². The molecule has 2 aliphatic heterocycles. The predicted octanol–water partition coefficient (Wildman–Crippen LogP) is 0.857. The lowest BCUT2D eigenvalue weighted by Crippen LogP contribution is -2.57. The van der Waals surface area contributed by atoms with Gasteiger partial charge in [-0.25, -0.2) is 0 Å². The number of rotatable bonds is 4. The molecule has 0 spiro atoms. The van der Waals surface area contributed by atoms with E-state index in [9.17, 15) is 14.4 Å². The Morgan fingerprint density at radius 1 is 1.20 bits per heavy atom. The number of carbonyl (C=O) groups excluding carboxylic acids is 3. The molecule has 1 aromatic rings. The third kappa shape index (κ3) is 3.67. The van der Waals surface area contributed by atoms with E-state index >= 15 is 0 Å². The fraction of sp³-hybridized carbons (Fsp3) is 0.647. The van der Waals surface area contributed by atoms with Crippen molar-refractivity contribution in [3.63, 3.8) is 0 Å². The van der Waals surface area contributed by atoms with Gasteiger partial charge in [-0.2, -0.15) is 0 Å². The Balaban J connectivity index is 1.45. The van der Waals surface area contributed by atoms with Gasteiger partial charge in [0.1, 0.15) is 5.76 Å². The summed E-state index contributed by atoms with van der Waals surface area (Å²) in [5, 5.41) is 3.71. The van der Waals surface area contributed by atoms with Crippen molar-refractivity contribution in [3.8, 4) is 0 Å². The number of hydrogen-bond acceptors (Lipinski definition) is 6. The number of likely N-dealkylation sites (tertiary alicyclic amines) is 2. The lowest BCUT2D eigenvalue weighted by atomic mass is 9.93. The molecule has 25 heavy (non-hydrogen) atoms. The van der Waals surface area contributed by atoms with Crippen LogP contribution in [0, 0.1) is 18.8 Å². The number of aryl methyl sites for hydroxylation is 1. The minimum atomic E-state index is -0.207. The largest absolute Gasteiger partial charge is 0.466 e. The van der Waals surface area contributed by atoms with Crippen LogP contribution >= 0.6 is 0 Å². The lowest BCUT2D eigenvalue weighted by Gasteiger charge is -2.41. The molecule has 0 atom stereocenters. The molecule has 8 heteroatoms. The Hall–Kier alpha value is -2.38. The predicted molar refractivity (Wildman–Crippen MR) is 86.6 cm³/mol. The number of esters is 1. The molecule has 2 saturated heterocycles.